The highest BCUT2D eigenvalue weighted by Gasteiger charge is 2.21. The summed E-state index contributed by atoms with van der Waals surface area (Å²) in [5.41, 5.74) is 1.93. The van der Waals surface area contributed by atoms with Gasteiger partial charge in [0, 0.05) is 16.7 Å². The Morgan fingerprint density at radius 3 is 2.79 bits per heavy atom. The maximum absolute atomic E-state index is 13.0. The summed E-state index contributed by atoms with van der Waals surface area (Å²) in [6.45, 7) is 0. The number of thioether (sulfide) groups is 1. The van der Waals surface area contributed by atoms with Gasteiger partial charge in [-0.25, -0.2) is 14.1 Å². The second-order valence-corrected chi connectivity index (χ2v) is 7.58. The average molecular weight is 361 g/mol. The molecular formula is C16H16FN5S2. The Hall–Kier alpha value is -1.80. The van der Waals surface area contributed by atoms with E-state index in [-0.39, 0.29) is 5.82 Å². The quantitative estimate of drug-likeness (QED) is 0.633. The lowest BCUT2D eigenvalue weighted by atomic mass is 10.2. The van der Waals surface area contributed by atoms with E-state index in [0.29, 0.717) is 6.04 Å². The Bertz CT molecular complexity index is 808. The fourth-order valence-electron chi connectivity index (χ4n) is 2.90. The third kappa shape index (κ3) is 3.34. The molecule has 0 atom stereocenters. The SMILES string of the molecule is Fc1ccc(-c2nc(CSc3nnnn3C3CCCC3)cs2)cc1. The molecule has 24 heavy (non-hydrogen) atoms. The van der Waals surface area contributed by atoms with Gasteiger partial charge >= 0.3 is 0 Å². The maximum Gasteiger partial charge on any atom is 0.209 e. The Kier molecular flexibility index (Phi) is 4.57. The number of rotatable bonds is 5. The summed E-state index contributed by atoms with van der Waals surface area (Å²) in [6, 6.07) is 6.87. The van der Waals surface area contributed by atoms with E-state index in [1.165, 1.54) is 25.0 Å². The molecule has 124 valence electrons. The maximum atomic E-state index is 13.0. The number of hydrogen-bond acceptors (Lipinski definition) is 6. The Morgan fingerprint density at radius 2 is 2.00 bits per heavy atom. The van der Waals surface area contributed by atoms with E-state index in [4.69, 9.17) is 0 Å². The van der Waals surface area contributed by atoms with Gasteiger partial charge in [-0.15, -0.1) is 16.4 Å². The number of nitrogens with zero attached hydrogens (tertiary/aromatic N) is 5. The molecule has 1 aliphatic rings. The summed E-state index contributed by atoms with van der Waals surface area (Å²) in [6.07, 6.45) is 4.82. The summed E-state index contributed by atoms with van der Waals surface area (Å²) in [4.78, 5) is 4.63. The number of tetrazole rings is 1. The molecular weight excluding hydrogens is 345 g/mol. The summed E-state index contributed by atoms with van der Waals surface area (Å²) >= 11 is 3.19. The molecule has 1 fully saturated rings. The van der Waals surface area contributed by atoms with Gasteiger partial charge < -0.3 is 0 Å². The summed E-state index contributed by atoms with van der Waals surface area (Å²) in [5.74, 6) is 0.495. The lowest BCUT2D eigenvalue weighted by Gasteiger charge is -2.10. The summed E-state index contributed by atoms with van der Waals surface area (Å²) < 4.78 is 15.0. The number of hydrogen-bond donors (Lipinski definition) is 0. The minimum Gasteiger partial charge on any atom is -0.240 e. The third-order valence-electron chi connectivity index (χ3n) is 4.13. The highest BCUT2D eigenvalue weighted by Crippen LogP contribution is 2.33. The van der Waals surface area contributed by atoms with E-state index >= 15 is 0 Å². The standard InChI is InChI=1S/C16H16FN5S2/c17-12-7-5-11(6-8-12)15-18-13(9-23-15)10-24-16-19-20-21-22(16)14-3-1-2-4-14/h5-9,14H,1-4,10H2. The van der Waals surface area contributed by atoms with Gasteiger partial charge in [-0.1, -0.05) is 24.6 Å². The van der Waals surface area contributed by atoms with Crippen LogP contribution in [0.1, 0.15) is 37.4 Å². The predicted octanol–water partition coefficient (Wildman–Crippen LogP) is 4.34. The van der Waals surface area contributed by atoms with Crippen LogP contribution in [0.3, 0.4) is 0 Å². The number of benzene rings is 1. The third-order valence-corrected chi connectivity index (χ3v) is 6.03. The van der Waals surface area contributed by atoms with E-state index in [2.05, 4.69) is 20.5 Å². The molecule has 0 spiro atoms. The van der Waals surface area contributed by atoms with Crippen LogP contribution in [0.5, 0.6) is 0 Å². The minimum atomic E-state index is -0.232. The predicted molar refractivity (Wildman–Crippen MR) is 92.4 cm³/mol. The highest BCUT2D eigenvalue weighted by atomic mass is 32.2. The first kappa shape index (κ1) is 15.7. The van der Waals surface area contributed by atoms with E-state index in [0.717, 1.165) is 40.0 Å². The van der Waals surface area contributed by atoms with Crippen LogP contribution in [0, 0.1) is 5.82 Å². The molecule has 0 amide bonds. The van der Waals surface area contributed by atoms with Crippen LogP contribution < -0.4 is 0 Å². The zero-order valence-electron chi connectivity index (χ0n) is 12.9. The zero-order chi connectivity index (χ0) is 16.4. The Morgan fingerprint density at radius 1 is 1.21 bits per heavy atom. The molecule has 0 unspecified atom stereocenters. The van der Waals surface area contributed by atoms with Gasteiger partial charge in [-0.3, -0.25) is 0 Å². The molecule has 0 radical (unpaired) electrons. The van der Waals surface area contributed by atoms with Crippen molar-refractivity contribution in [1.82, 2.24) is 25.2 Å². The first-order chi connectivity index (χ1) is 11.8. The monoisotopic (exact) mass is 361 g/mol. The molecule has 0 bridgehead atoms. The topological polar surface area (TPSA) is 56.5 Å². The van der Waals surface area contributed by atoms with Gasteiger partial charge in [0.15, 0.2) is 0 Å². The number of halogens is 1. The molecule has 0 N–H and O–H groups in total. The van der Waals surface area contributed by atoms with Gasteiger partial charge in [-0.2, -0.15) is 0 Å². The van der Waals surface area contributed by atoms with Gasteiger partial charge in [0.05, 0.1) is 11.7 Å². The van der Waals surface area contributed by atoms with Crippen LogP contribution in [0.2, 0.25) is 0 Å². The minimum absolute atomic E-state index is 0.232. The van der Waals surface area contributed by atoms with Crippen molar-refractivity contribution in [3.63, 3.8) is 0 Å². The molecule has 0 aliphatic heterocycles. The fourth-order valence-corrected chi connectivity index (χ4v) is 4.66. The van der Waals surface area contributed by atoms with E-state index in [9.17, 15) is 4.39 Å². The van der Waals surface area contributed by atoms with Crippen LogP contribution in [0.4, 0.5) is 4.39 Å². The summed E-state index contributed by atoms with van der Waals surface area (Å²) in [7, 11) is 0. The highest BCUT2D eigenvalue weighted by molar-refractivity contribution is 7.98. The second kappa shape index (κ2) is 6.98. The molecule has 3 aromatic rings. The van der Waals surface area contributed by atoms with Crippen molar-refractivity contribution in [3.05, 3.63) is 41.2 Å². The lowest BCUT2D eigenvalue weighted by Crippen LogP contribution is -2.08. The zero-order valence-corrected chi connectivity index (χ0v) is 14.6. The van der Waals surface area contributed by atoms with Crippen LogP contribution in [-0.2, 0) is 5.75 Å². The van der Waals surface area contributed by atoms with Crippen LogP contribution in [0.25, 0.3) is 10.6 Å². The molecule has 2 aromatic heterocycles. The molecule has 8 heteroatoms. The molecule has 2 heterocycles. The van der Waals surface area contributed by atoms with Crippen molar-refractivity contribution in [2.45, 2.75) is 42.6 Å². The Labute approximate surface area is 147 Å². The largest absolute Gasteiger partial charge is 0.240 e. The number of thiazole rings is 1. The van der Waals surface area contributed by atoms with E-state index in [1.54, 1.807) is 35.2 Å². The average Bonchev–Trinajstić information content (AvgIpc) is 3.34. The van der Waals surface area contributed by atoms with Gasteiger partial charge in [-0.05, 0) is 47.5 Å². The van der Waals surface area contributed by atoms with Crippen LogP contribution >= 0.6 is 23.1 Å². The molecule has 1 aliphatic carbocycles. The normalized spacial score (nSPS) is 15.2. The first-order valence-electron chi connectivity index (χ1n) is 7.90. The molecule has 4 rings (SSSR count). The molecule has 1 saturated carbocycles. The molecule has 1 aromatic carbocycles. The van der Waals surface area contributed by atoms with Crippen LogP contribution in [-0.4, -0.2) is 25.2 Å². The van der Waals surface area contributed by atoms with E-state index in [1.807, 2.05) is 10.1 Å². The lowest BCUT2D eigenvalue weighted by molar-refractivity contribution is 0.423. The van der Waals surface area contributed by atoms with E-state index < -0.39 is 0 Å². The van der Waals surface area contributed by atoms with Crippen molar-refractivity contribution in [2.75, 3.05) is 0 Å². The first-order valence-corrected chi connectivity index (χ1v) is 9.77. The van der Waals surface area contributed by atoms with Crippen molar-refractivity contribution >= 4 is 23.1 Å². The van der Waals surface area contributed by atoms with Crippen molar-refractivity contribution in [3.8, 4) is 10.6 Å². The number of aromatic nitrogens is 5. The van der Waals surface area contributed by atoms with Crippen molar-refractivity contribution in [2.24, 2.45) is 0 Å². The van der Waals surface area contributed by atoms with Crippen LogP contribution in [0.15, 0.2) is 34.8 Å². The molecule has 0 saturated heterocycles. The second-order valence-electron chi connectivity index (χ2n) is 5.78. The fraction of sp³-hybridized carbons (Fsp3) is 0.375. The van der Waals surface area contributed by atoms with Gasteiger partial charge in [0.1, 0.15) is 10.8 Å². The summed E-state index contributed by atoms with van der Waals surface area (Å²) in [5, 5.41) is 15.9. The van der Waals surface area contributed by atoms with Crippen molar-refractivity contribution < 1.29 is 4.39 Å². The van der Waals surface area contributed by atoms with Gasteiger partial charge in [0.2, 0.25) is 5.16 Å². The van der Waals surface area contributed by atoms with Gasteiger partial charge in [0.25, 0.3) is 0 Å². The Balaban J connectivity index is 1.44. The smallest absolute Gasteiger partial charge is 0.209 e. The molecule has 5 nitrogen and oxygen atoms in total. The van der Waals surface area contributed by atoms with Crippen molar-refractivity contribution in [1.29, 1.82) is 0 Å².